The van der Waals surface area contributed by atoms with Crippen molar-refractivity contribution in [1.82, 2.24) is 0 Å². The molecule has 0 fully saturated rings. The highest BCUT2D eigenvalue weighted by molar-refractivity contribution is 9.09. The van der Waals surface area contributed by atoms with Gasteiger partial charge >= 0.3 is 0 Å². The predicted octanol–water partition coefficient (Wildman–Crippen LogP) is 6.66. The summed E-state index contributed by atoms with van der Waals surface area (Å²) in [6.07, 6.45) is 5.91. The summed E-state index contributed by atoms with van der Waals surface area (Å²) in [6.45, 7) is 7.24. The third-order valence-electron chi connectivity index (χ3n) is 4.17. The first-order chi connectivity index (χ1) is 11.7. The molecule has 0 N–H and O–H groups in total. The molecule has 0 aromatic heterocycles. The van der Waals surface area contributed by atoms with Crippen LogP contribution in [0.15, 0.2) is 30.3 Å². The summed E-state index contributed by atoms with van der Waals surface area (Å²) in [4.78, 5) is 0. The number of halogens is 1. The fraction of sp³-hybridized carbons (Fsp3) is 0.524. The minimum atomic E-state index is 0.211. The number of aryl methyl sites for hydroxylation is 1. The van der Waals surface area contributed by atoms with Gasteiger partial charge in [0.15, 0.2) is 0 Å². The van der Waals surface area contributed by atoms with Crippen molar-refractivity contribution < 1.29 is 9.47 Å². The van der Waals surface area contributed by atoms with Crippen LogP contribution in [0, 0.1) is 6.92 Å². The third kappa shape index (κ3) is 5.41. The van der Waals surface area contributed by atoms with E-state index in [1.54, 1.807) is 0 Å². The summed E-state index contributed by atoms with van der Waals surface area (Å²) in [5.74, 6) is 1.92. The molecule has 2 rings (SSSR count). The topological polar surface area (TPSA) is 18.5 Å². The average Bonchev–Trinajstić information content (AvgIpc) is 2.58. The van der Waals surface area contributed by atoms with E-state index in [-0.39, 0.29) is 6.10 Å². The molecule has 0 aliphatic rings. The van der Waals surface area contributed by atoms with Crippen molar-refractivity contribution in [1.29, 1.82) is 0 Å². The lowest BCUT2D eigenvalue weighted by molar-refractivity contribution is 0.213. The van der Waals surface area contributed by atoms with Gasteiger partial charge in [0.1, 0.15) is 11.5 Å². The van der Waals surface area contributed by atoms with Gasteiger partial charge in [0.25, 0.3) is 0 Å². The predicted molar refractivity (Wildman–Crippen MR) is 107 cm³/mol. The normalized spacial score (nSPS) is 12.3. The minimum Gasteiger partial charge on any atom is -0.493 e. The van der Waals surface area contributed by atoms with Gasteiger partial charge in [-0.15, -0.1) is 0 Å². The Hall–Kier alpha value is -1.22. The zero-order valence-electron chi connectivity index (χ0n) is 15.1. The highest BCUT2D eigenvalue weighted by Crippen LogP contribution is 2.35. The number of hydrogen-bond acceptors (Lipinski definition) is 2. The molecule has 1 atom stereocenters. The number of ether oxygens (including phenoxy) is 2. The molecule has 2 aromatic rings. The summed E-state index contributed by atoms with van der Waals surface area (Å²) in [7, 11) is 0. The second-order valence-electron chi connectivity index (χ2n) is 6.43. The number of unbranched alkanes of at least 4 members (excludes halogenated alkanes) is 2. The second-order valence-corrected chi connectivity index (χ2v) is 7.22. The van der Waals surface area contributed by atoms with Crippen LogP contribution in [0.4, 0.5) is 0 Å². The van der Waals surface area contributed by atoms with Crippen LogP contribution in [0.25, 0.3) is 10.8 Å². The van der Waals surface area contributed by atoms with Gasteiger partial charge in [-0.25, -0.2) is 0 Å². The number of alkyl halides is 1. The number of hydrogen-bond donors (Lipinski definition) is 0. The quantitative estimate of drug-likeness (QED) is 0.332. The first kappa shape index (κ1) is 19.1. The Morgan fingerprint density at radius 1 is 1.00 bits per heavy atom. The molecule has 0 radical (unpaired) electrons. The molecule has 2 aromatic carbocycles. The molecule has 0 saturated heterocycles. The Labute approximate surface area is 154 Å². The standard InChI is InChI=1S/C21H29BrO2/c1-4-5-6-14-23-20-11-12-21(24-17(3)8-7-13-22)19-15-16(2)9-10-18(19)20/h9-12,15,17H,4-8,13-14H2,1-3H3. The lowest BCUT2D eigenvalue weighted by Crippen LogP contribution is -2.12. The number of rotatable bonds is 10. The van der Waals surface area contributed by atoms with Crippen LogP contribution >= 0.6 is 15.9 Å². The fourth-order valence-electron chi connectivity index (χ4n) is 2.81. The van der Waals surface area contributed by atoms with Gasteiger partial charge in [0.05, 0.1) is 12.7 Å². The van der Waals surface area contributed by atoms with E-state index in [1.807, 2.05) is 0 Å². The summed E-state index contributed by atoms with van der Waals surface area (Å²) in [5.41, 5.74) is 1.24. The molecule has 0 aliphatic heterocycles. The monoisotopic (exact) mass is 392 g/mol. The SMILES string of the molecule is CCCCCOc1ccc(OC(C)CCCBr)c2cc(C)ccc12. The molecule has 1 unspecified atom stereocenters. The summed E-state index contributed by atoms with van der Waals surface area (Å²) in [5, 5.41) is 3.31. The van der Waals surface area contributed by atoms with Gasteiger partial charge in [0.2, 0.25) is 0 Å². The summed E-state index contributed by atoms with van der Waals surface area (Å²) < 4.78 is 12.2. The van der Waals surface area contributed by atoms with Crippen molar-refractivity contribution in [3.63, 3.8) is 0 Å². The molecular formula is C21H29BrO2. The molecule has 0 saturated carbocycles. The molecule has 0 spiro atoms. The first-order valence-electron chi connectivity index (χ1n) is 9.04. The van der Waals surface area contributed by atoms with Crippen LogP contribution in [0.5, 0.6) is 11.5 Å². The lowest BCUT2D eigenvalue weighted by Gasteiger charge is -2.18. The zero-order chi connectivity index (χ0) is 17.4. The smallest absolute Gasteiger partial charge is 0.127 e. The molecular weight excluding hydrogens is 364 g/mol. The van der Waals surface area contributed by atoms with E-state index in [2.05, 4.69) is 67.0 Å². The molecule has 2 nitrogen and oxygen atoms in total. The highest BCUT2D eigenvalue weighted by atomic mass is 79.9. The maximum Gasteiger partial charge on any atom is 0.127 e. The Bertz CT molecular complexity index is 639. The number of benzene rings is 2. The van der Waals surface area contributed by atoms with Crippen molar-refractivity contribution in [2.45, 2.75) is 59.0 Å². The van der Waals surface area contributed by atoms with Gasteiger partial charge in [0, 0.05) is 16.1 Å². The Balaban J connectivity index is 2.21. The van der Waals surface area contributed by atoms with Crippen molar-refractivity contribution in [3.05, 3.63) is 35.9 Å². The van der Waals surface area contributed by atoms with Gasteiger partial charge in [-0.2, -0.15) is 0 Å². The molecule has 0 amide bonds. The number of fused-ring (bicyclic) bond motifs is 1. The maximum absolute atomic E-state index is 6.21. The lowest BCUT2D eigenvalue weighted by atomic mass is 10.1. The third-order valence-corrected chi connectivity index (χ3v) is 4.73. The van der Waals surface area contributed by atoms with E-state index in [1.165, 1.54) is 18.4 Å². The van der Waals surface area contributed by atoms with Gasteiger partial charge in [-0.1, -0.05) is 53.4 Å². The zero-order valence-corrected chi connectivity index (χ0v) is 16.7. The minimum absolute atomic E-state index is 0.211. The van der Waals surface area contributed by atoms with E-state index < -0.39 is 0 Å². The van der Waals surface area contributed by atoms with Crippen molar-refractivity contribution >= 4 is 26.7 Å². The summed E-state index contributed by atoms with van der Waals surface area (Å²) in [6, 6.07) is 10.6. The largest absolute Gasteiger partial charge is 0.493 e. The molecule has 132 valence electrons. The van der Waals surface area contributed by atoms with E-state index in [9.17, 15) is 0 Å². The van der Waals surface area contributed by atoms with Gasteiger partial charge in [-0.3, -0.25) is 0 Å². The van der Waals surface area contributed by atoms with Crippen LogP contribution in [-0.2, 0) is 0 Å². The van der Waals surface area contributed by atoms with Crippen LogP contribution in [0.3, 0.4) is 0 Å². The van der Waals surface area contributed by atoms with E-state index >= 15 is 0 Å². The van der Waals surface area contributed by atoms with E-state index in [4.69, 9.17) is 9.47 Å². The van der Waals surface area contributed by atoms with Crippen LogP contribution < -0.4 is 9.47 Å². The van der Waals surface area contributed by atoms with E-state index in [0.29, 0.717) is 0 Å². The molecule has 3 heteroatoms. The molecule has 0 aliphatic carbocycles. The van der Waals surface area contributed by atoms with Gasteiger partial charge in [-0.05, 0) is 51.3 Å². The van der Waals surface area contributed by atoms with Crippen molar-refractivity contribution in [2.75, 3.05) is 11.9 Å². The Kier molecular flexibility index (Phi) is 7.90. The Morgan fingerprint density at radius 3 is 2.54 bits per heavy atom. The van der Waals surface area contributed by atoms with Crippen LogP contribution in [0.1, 0.15) is 51.5 Å². The summed E-state index contributed by atoms with van der Waals surface area (Å²) >= 11 is 3.49. The van der Waals surface area contributed by atoms with Gasteiger partial charge < -0.3 is 9.47 Å². The molecule has 0 heterocycles. The van der Waals surface area contributed by atoms with Crippen LogP contribution in [0.2, 0.25) is 0 Å². The second kappa shape index (κ2) is 9.93. The maximum atomic E-state index is 6.21. The first-order valence-corrected chi connectivity index (χ1v) is 10.2. The van der Waals surface area contributed by atoms with Crippen molar-refractivity contribution in [2.24, 2.45) is 0 Å². The van der Waals surface area contributed by atoms with Crippen LogP contribution in [-0.4, -0.2) is 18.0 Å². The Morgan fingerprint density at radius 2 is 1.79 bits per heavy atom. The van der Waals surface area contributed by atoms with E-state index in [0.717, 1.165) is 53.5 Å². The average molecular weight is 393 g/mol. The van der Waals surface area contributed by atoms with Crippen molar-refractivity contribution in [3.8, 4) is 11.5 Å². The highest BCUT2D eigenvalue weighted by Gasteiger charge is 2.11. The fourth-order valence-corrected chi connectivity index (χ4v) is 3.13. The molecule has 0 bridgehead atoms. The molecule has 24 heavy (non-hydrogen) atoms.